The second-order valence-electron chi connectivity index (χ2n) is 3.82. The van der Waals surface area contributed by atoms with Crippen molar-refractivity contribution >= 4 is 39.8 Å². The Morgan fingerprint density at radius 1 is 1.39 bits per heavy atom. The highest BCUT2D eigenvalue weighted by atomic mass is 127. The van der Waals surface area contributed by atoms with E-state index in [0.29, 0.717) is 6.54 Å². The Morgan fingerprint density at radius 2 is 2.28 bits per heavy atom. The maximum atomic E-state index is 11.8. The summed E-state index contributed by atoms with van der Waals surface area (Å²) in [7, 11) is 0. The van der Waals surface area contributed by atoms with Gasteiger partial charge in [-0.1, -0.05) is 6.07 Å². The first-order valence-electron chi connectivity index (χ1n) is 5.68. The second kappa shape index (κ2) is 6.84. The van der Waals surface area contributed by atoms with Gasteiger partial charge >= 0.3 is 0 Å². The molecule has 3 nitrogen and oxygen atoms in total. The van der Waals surface area contributed by atoms with Crippen molar-refractivity contribution < 1.29 is 4.79 Å². The smallest absolute Gasteiger partial charge is 0.261 e. The third-order valence-corrected chi connectivity index (χ3v) is 4.34. The summed E-state index contributed by atoms with van der Waals surface area (Å²) < 4.78 is 1.13. The maximum Gasteiger partial charge on any atom is 0.261 e. The molecule has 0 aromatic carbocycles. The normalized spacial score (nSPS) is 10.3. The Bertz CT molecular complexity index is 513. The summed E-state index contributed by atoms with van der Waals surface area (Å²) in [5.41, 5.74) is 1.21. The monoisotopic (exact) mass is 372 g/mol. The maximum absolute atomic E-state index is 11.8. The van der Waals surface area contributed by atoms with Crippen LogP contribution in [0.4, 0.5) is 0 Å². The van der Waals surface area contributed by atoms with Crippen molar-refractivity contribution in [3.8, 4) is 0 Å². The molecule has 2 aromatic rings. The molecule has 18 heavy (non-hydrogen) atoms. The van der Waals surface area contributed by atoms with Crippen LogP contribution in [0, 0.1) is 2.88 Å². The minimum atomic E-state index is 0.0223. The molecule has 0 spiro atoms. The van der Waals surface area contributed by atoms with Crippen LogP contribution in [0.3, 0.4) is 0 Å². The van der Waals surface area contributed by atoms with Crippen LogP contribution in [0.2, 0.25) is 0 Å². The molecule has 0 fully saturated rings. The number of thiophene rings is 1. The van der Waals surface area contributed by atoms with Crippen molar-refractivity contribution in [2.75, 3.05) is 6.54 Å². The largest absolute Gasteiger partial charge is 0.351 e. The number of rotatable bonds is 5. The summed E-state index contributed by atoms with van der Waals surface area (Å²) in [6.45, 7) is 0.697. The molecule has 0 aliphatic heterocycles. The molecule has 0 atom stereocenters. The van der Waals surface area contributed by atoms with E-state index in [2.05, 4.69) is 39.0 Å². The third-order valence-electron chi connectivity index (χ3n) is 2.45. The highest BCUT2D eigenvalue weighted by molar-refractivity contribution is 14.1. The molecule has 1 amide bonds. The fraction of sp³-hybridized carbons (Fsp3) is 0.231. The number of hydrogen-bond acceptors (Lipinski definition) is 3. The van der Waals surface area contributed by atoms with E-state index >= 15 is 0 Å². The van der Waals surface area contributed by atoms with E-state index in [9.17, 15) is 4.79 Å². The molecule has 0 radical (unpaired) electrons. The Kier molecular flexibility index (Phi) is 5.12. The van der Waals surface area contributed by atoms with Crippen LogP contribution in [0.1, 0.15) is 21.7 Å². The number of nitrogens with one attached hydrogen (secondary N) is 1. The highest BCUT2D eigenvalue weighted by Gasteiger charge is 2.07. The van der Waals surface area contributed by atoms with E-state index in [-0.39, 0.29) is 5.91 Å². The van der Waals surface area contributed by atoms with E-state index in [1.165, 1.54) is 16.9 Å². The Balaban J connectivity index is 1.71. The minimum Gasteiger partial charge on any atom is -0.351 e. The summed E-state index contributed by atoms with van der Waals surface area (Å²) in [5.74, 6) is 0.0223. The van der Waals surface area contributed by atoms with Gasteiger partial charge in [-0.05, 0) is 59.2 Å². The van der Waals surface area contributed by atoms with Crippen molar-refractivity contribution in [1.82, 2.24) is 10.3 Å². The van der Waals surface area contributed by atoms with Crippen LogP contribution >= 0.6 is 33.9 Å². The number of carbonyl (C=O) groups is 1. The van der Waals surface area contributed by atoms with Crippen molar-refractivity contribution in [2.24, 2.45) is 0 Å². The molecule has 0 unspecified atom stereocenters. The molecule has 2 aromatic heterocycles. The summed E-state index contributed by atoms with van der Waals surface area (Å²) in [6, 6.07) is 7.80. The zero-order valence-corrected chi connectivity index (χ0v) is 12.7. The molecule has 2 heterocycles. The molecule has 0 bridgehead atoms. The number of halogens is 1. The number of aromatic nitrogens is 1. The van der Waals surface area contributed by atoms with Gasteiger partial charge in [0, 0.05) is 18.9 Å². The van der Waals surface area contributed by atoms with Gasteiger partial charge in [0.25, 0.3) is 5.91 Å². The molecule has 0 saturated carbocycles. The molecule has 1 N–H and O–H groups in total. The zero-order valence-electron chi connectivity index (χ0n) is 9.73. The molecular formula is C13H13IN2OS. The van der Waals surface area contributed by atoms with Gasteiger partial charge in [0.15, 0.2) is 0 Å². The number of aryl methyl sites for hydroxylation is 1. The molecule has 0 saturated heterocycles. The number of pyridine rings is 1. The first kappa shape index (κ1) is 13.5. The van der Waals surface area contributed by atoms with Crippen LogP contribution in [0.15, 0.2) is 36.7 Å². The van der Waals surface area contributed by atoms with Gasteiger partial charge in [-0.25, -0.2) is 0 Å². The van der Waals surface area contributed by atoms with Gasteiger partial charge in [0.1, 0.15) is 0 Å². The lowest BCUT2D eigenvalue weighted by molar-refractivity contribution is 0.0957. The van der Waals surface area contributed by atoms with Crippen LogP contribution in [0.5, 0.6) is 0 Å². The Hall–Kier alpha value is -0.950. The average Bonchev–Trinajstić information content (AvgIpc) is 2.82. The standard InChI is InChI=1S/C13H13IN2OS/c14-12-6-5-11(18-12)13(17)16-8-2-4-10-3-1-7-15-9-10/h1,3,5-7,9H,2,4,8H2,(H,16,17). The SMILES string of the molecule is O=C(NCCCc1cccnc1)c1ccc(I)s1. The van der Waals surface area contributed by atoms with Crippen LogP contribution in [-0.4, -0.2) is 17.4 Å². The lowest BCUT2D eigenvalue weighted by Gasteiger charge is -2.03. The summed E-state index contributed by atoms with van der Waals surface area (Å²) in [5, 5.41) is 2.93. The molecule has 94 valence electrons. The van der Waals surface area contributed by atoms with Crippen molar-refractivity contribution in [1.29, 1.82) is 0 Å². The van der Waals surface area contributed by atoms with Crippen molar-refractivity contribution in [2.45, 2.75) is 12.8 Å². The predicted molar refractivity (Wildman–Crippen MR) is 81.9 cm³/mol. The van der Waals surface area contributed by atoms with Gasteiger partial charge in [-0.3, -0.25) is 9.78 Å². The molecule has 2 rings (SSSR count). The van der Waals surface area contributed by atoms with E-state index in [0.717, 1.165) is 20.6 Å². The van der Waals surface area contributed by atoms with Gasteiger partial charge in [0.2, 0.25) is 0 Å². The summed E-state index contributed by atoms with van der Waals surface area (Å²) >= 11 is 3.73. The van der Waals surface area contributed by atoms with Gasteiger partial charge in [0.05, 0.1) is 7.76 Å². The fourth-order valence-corrected chi connectivity index (χ4v) is 3.10. The van der Waals surface area contributed by atoms with Crippen LogP contribution in [0.25, 0.3) is 0 Å². The molecule has 5 heteroatoms. The average molecular weight is 372 g/mol. The van der Waals surface area contributed by atoms with Crippen molar-refractivity contribution in [3.05, 3.63) is 50.0 Å². The Labute approximate surface area is 124 Å². The fourth-order valence-electron chi connectivity index (χ4n) is 1.56. The van der Waals surface area contributed by atoms with Gasteiger partial charge in [-0.2, -0.15) is 0 Å². The number of amides is 1. The van der Waals surface area contributed by atoms with Gasteiger partial charge in [-0.15, -0.1) is 11.3 Å². The predicted octanol–water partition coefficient (Wildman–Crippen LogP) is 3.11. The van der Waals surface area contributed by atoms with Gasteiger partial charge < -0.3 is 5.32 Å². The quantitative estimate of drug-likeness (QED) is 0.648. The minimum absolute atomic E-state index is 0.0223. The third kappa shape index (κ3) is 4.06. The summed E-state index contributed by atoms with van der Waals surface area (Å²) in [4.78, 5) is 16.6. The van der Waals surface area contributed by atoms with Crippen molar-refractivity contribution in [3.63, 3.8) is 0 Å². The van der Waals surface area contributed by atoms with E-state index < -0.39 is 0 Å². The number of carbonyl (C=O) groups excluding carboxylic acids is 1. The highest BCUT2D eigenvalue weighted by Crippen LogP contribution is 2.17. The Morgan fingerprint density at radius 3 is 2.94 bits per heavy atom. The van der Waals surface area contributed by atoms with E-state index in [4.69, 9.17) is 0 Å². The summed E-state index contributed by atoms with van der Waals surface area (Å²) in [6.07, 6.45) is 5.50. The first-order chi connectivity index (χ1) is 8.75. The molecule has 0 aliphatic rings. The van der Waals surface area contributed by atoms with E-state index in [1.54, 1.807) is 6.20 Å². The molecular weight excluding hydrogens is 359 g/mol. The zero-order chi connectivity index (χ0) is 12.8. The second-order valence-corrected chi connectivity index (χ2v) is 6.80. The lowest BCUT2D eigenvalue weighted by atomic mass is 10.1. The van der Waals surface area contributed by atoms with E-state index in [1.807, 2.05) is 24.4 Å². The first-order valence-corrected chi connectivity index (χ1v) is 7.57. The topological polar surface area (TPSA) is 42.0 Å². The lowest BCUT2D eigenvalue weighted by Crippen LogP contribution is -2.23. The van der Waals surface area contributed by atoms with Crippen LogP contribution < -0.4 is 5.32 Å². The molecule has 0 aliphatic carbocycles. The number of hydrogen-bond donors (Lipinski definition) is 1. The van der Waals surface area contributed by atoms with Crippen LogP contribution in [-0.2, 0) is 6.42 Å². The number of nitrogens with zero attached hydrogens (tertiary/aromatic N) is 1.